The van der Waals surface area contributed by atoms with E-state index in [2.05, 4.69) is 221 Å². The van der Waals surface area contributed by atoms with Crippen molar-refractivity contribution in [3.8, 4) is 33.9 Å². The second-order valence-electron chi connectivity index (χ2n) is 24.6. The van der Waals surface area contributed by atoms with E-state index < -0.39 is 32.6 Å². The normalized spacial score (nSPS) is 14.9. The summed E-state index contributed by atoms with van der Waals surface area (Å²) in [4.78, 5) is 22.0. The monoisotopic (exact) mass is 1270 g/mol. The highest BCUT2D eigenvalue weighted by Gasteiger charge is 2.52. The van der Waals surface area contributed by atoms with Crippen molar-refractivity contribution in [2.75, 3.05) is 9.80 Å². The van der Waals surface area contributed by atoms with E-state index >= 15 is 0 Å². The molecule has 11 aromatic rings. The van der Waals surface area contributed by atoms with Crippen molar-refractivity contribution in [3.63, 3.8) is 0 Å². The topological polar surface area (TPSA) is 157 Å². The van der Waals surface area contributed by atoms with Crippen LogP contribution in [0.1, 0.15) is 77.6 Å². The molecule has 0 bridgehead atoms. The highest BCUT2D eigenvalue weighted by molar-refractivity contribution is 6.62. The maximum Gasteiger partial charge on any atom is 0.494 e. The first-order valence-corrected chi connectivity index (χ1v) is 31.4. The average molecular weight is 1280 g/mol. The quantitative estimate of drug-likeness (QED) is 0.0650. The fourth-order valence-corrected chi connectivity index (χ4v) is 12.4. The van der Waals surface area contributed by atoms with Gasteiger partial charge in [0, 0.05) is 45.1 Å². The summed E-state index contributed by atoms with van der Waals surface area (Å²) >= 11 is 16.2. The van der Waals surface area contributed by atoms with Crippen LogP contribution in [0.25, 0.3) is 33.9 Å². The van der Waals surface area contributed by atoms with E-state index in [4.69, 9.17) is 64.1 Å². The number of halogens is 3. The lowest BCUT2D eigenvalue weighted by Gasteiger charge is -2.42. The number of nitrogens with zero attached hydrogens (tertiary/aromatic N) is 6. The molecule has 12 nitrogen and oxygen atoms in total. The summed E-state index contributed by atoms with van der Waals surface area (Å²) in [5, 5.41) is 37.0. The lowest BCUT2D eigenvalue weighted by Crippen LogP contribution is -2.41. The van der Waals surface area contributed by atoms with Crippen molar-refractivity contribution in [3.05, 3.63) is 280 Å². The molecule has 0 aliphatic carbocycles. The van der Waals surface area contributed by atoms with Crippen molar-refractivity contribution in [2.24, 2.45) is 0 Å². The standard InChI is InChI=1S/C43H40BN3O2.C21H20BNO2.C6H7BO2.C4HCl3N2/c1-41(2)34-22-13-14-23-38(34)47(33-20-11-8-12-21-33)39-27-31(24-25-35(39)41)37-28-36(45-40(46-37)29-16-9-7-10-17-29)30-18-15-19-32(26-30)44-48-42(3,4)43(5,6)49-44;1-21(2)17-10-6-7-11-19(17)23(16-8-4-3-5-9-16)20-14-15(22(24)25)12-13-18(20)21;8-7(9)6-4-2-1-3-5-6;5-2-1-3(6)9-4(7)8-2/h7-28H,1-6H3;3-14,24-25H,1-2H3;1-5,8-9H;1H. The number of anilines is 6. The lowest BCUT2D eigenvalue weighted by atomic mass is 9.71. The van der Waals surface area contributed by atoms with Gasteiger partial charge >= 0.3 is 21.4 Å². The van der Waals surface area contributed by atoms with Gasteiger partial charge in [0.1, 0.15) is 10.3 Å². The van der Waals surface area contributed by atoms with Gasteiger partial charge in [-0.1, -0.05) is 233 Å². The Hall–Kier alpha value is -8.44. The zero-order chi connectivity index (χ0) is 65.1. The minimum atomic E-state index is -1.48. The van der Waals surface area contributed by atoms with Crippen molar-refractivity contribution < 1.29 is 29.4 Å². The maximum atomic E-state index is 9.64. The molecule has 2 aromatic heterocycles. The summed E-state index contributed by atoms with van der Waals surface area (Å²) in [7, 11) is -3.29. The molecular formula is C74H68B3Cl3N6O6. The summed E-state index contributed by atoms with van der Waals surface area (Å²) < 4.78 is 12.8. The number of rotatable bonds is 8. The molecule has 0 amide bonds. The molecule has 4 N–H and O–H groups in total. The summed E-state index contributed by atoms with van der Waals surface area (Å²) in [6.45, 7) is 17.4. The number of para-hydroxylation sites is 4. The number of aromatic nitrogens is 4. The number of benzene rings is 9. The Balaban J connectivity index is 0.000000165. The molecule has 18 heteroatoms. The minimum absolute atomic E-state index is 0.0625. The minimum Gasteiger partial charge on any atom is -0.423 e. The Labute approximate surface area is 554 Å². The van der Waals surface area contributed by atoms with Gasteiger partial charge in [-0.2, -0.15) is 0 Å². The largest absolute Gasteiger partial charge is 0.494 e. The van der Waals surface area contributed by atoms with Crippen LogP contribution >= 0.6 is 34.8 Å². The molecule has 1 saturated heterocycles. The highest BCUT2D eigenvalue weighted by atomic mass is 35.5. The molecule has 0 spiro atoms. The molecule has 92 heavy (non-hydrogen) atoms. The second-order valence-corrected chi connectivity index (χ2v) is 25.7. The van der Waals surface area contributed by atoms with Crippen molar-refractivity contribution in [1.29, 1.82) is 0 Å². The Bertz CT molecular complexity index is 4340. The van der Waals surface area contributed by atoms with E-state index in [1.54, 1.807) is 30.3 Å². The van der Waals surface area contributed by atoms with Crippen molar-refractivity contribution in [2.45, 2.75) is 77.4 Å². The summed E-state index contributed by atoms with van der Waals surface area (Å²) in [5.41, 5.74) is 17.1. The fraction of sp³-hybridized carbons (Fsp3) is 0.162. The Morgan fingerprint density at radius 2 is 0.783 bits per heavy atom. The van der Waals surface area contributed by atoms with E-state index in [-0.39, 0.29) is 26.4 Å². The molecular weight excluding hydrogens is 1210 g/mol. The van der Waals surface area contributed by atoms with Crippen molar-refractivity contribution in [1.82, 2.24) is 19.9 Å². The first-order chi connectivity index (χ1) is 44.0. The van der Waals surface area contributed by atoms with Gasteiger partial charge in [-0.15, -0.1) is 0 Å². The van der Waals surface area contributed by atoms with E-state index in [1.165, 1.54) is 34.0 Å². The Morgan fingerprint density at radius 3 is 1.26 bits per heavy atom. The Morgan fingerprint density at radius 1 is 0.370 bits per heavy atom. The van der Waals surface area contributed by atoms with Crippen LogP contribution in [0, 0.1) is 0 Å². The van der Waals surface area contributed by atoms with Gasteiger partial charge in [-0.3, -0.25) is 0 Å². The SMILES string of the molecule is CC1(C)c2ccccc2N(c2ccccc2)c2cc(-c3cc(-c4cccc(B5OC(C)(C)C(C)(C)O5)c4)nc(-c4ccccc4)n3)ccc21.CC1(C)c2ccccc2N(c2ccccc2)c2cc(B(O)O)ccc21.Clc1cc(Cl)nc(Cl)n1.OB(O)c1ccccc1. The van der Waals surface area contributed by atoms with Crippen LogP contribution < -0.4 is 26.2 Å². The van der Waals surface area contributed by atoms with E-state index in [9.17, 15) is 10.0 Å². The fourth-order valence-electron chi connectivity index (χ4n) is 11.8. The molecule has 0 radical (unpaired) electrons. The Kier molecular flexibility index (Phi) is 19.1. The van der Waals surface area contributed by atoms with Gasteiger partial charge in [0.25, 0.3) is 0 Å². The molecule has 0 unspecified atom stereocenters. The van der Waals surface area contributed by atoms with Gasteiger partial charge in [0.2, 0.25) is 5.28 Å². The predicted molar refractivity (Wildman–Crippen MR) is 377 cm³/mol. The van der Waals surface area contributed by atoms with E-state index in [0.717, 1.165) is 62.0 Å². The molecule has 0 atom stereocenters. The van der Waals surface area contributed by atoms with Crippen LogP contribution in [0.3, 0.4) is 0 Å². The van der Waals surface area contributed by atoms with Crippen LogP contribution in [0.2, 0.25) is 15.6 Å². The van der Waals surface area contributed by atoms with Crippen LogP contribution in [-0.4, -0.2) is 72.6 Å². The number of hydrogen-bond donors (Lipinski definition) is 4. The third-order valence-electron chi connectivity index (χ3n) is 17.3. The van der Waals surface area contributed by atoms with Gasteiger partial charge in [0.05, 0.1) is 39.7 Å². The molecule has 14 rings (SSSR count). The first-order valence-electron chi connectivity index (χ1n) is 30.2. The second kappa shape index (κ2) is 27.0. The predicted octanol–water partition coefficient (Wildman–Crippen LogP) is 15.2. The number of fused-ring (bicyclic) bond motifs is 4. The molecule has 5 heterocycles. The van der Waals surface area contributed by atoms with E-state index in [0.29, 0.717) is 16.8 Å². The third-order valence-corrected chi connectivity index (χ3v) is 17.9. The zero-order valence-electron chi connectivity index (χ0n) is 52.2. The lowest BCUT2D eigenvalue weighted by molar-refractivity contribution is 0.00578. The first kappa shape index (κ1) is 65.1. The zero-order valence-corrected chi connectivity index (χ0v) is 54.5. The van der Waals surface area contributed by atoms with Crippen LogP contribution in [0.4, 0.5) is 34.1 Å². The van der Waals surface area contributed by atoms with Crippen LogP contribution in [0.15, 0.2) is 243 Å². The summed E-state index contributed by atoms with van der Waals surface area (Å²) in [5.74, 6) is 0.678. The third kappa shape index (κ3) is 13.7. The smallest absolute Gasteiger partial charge is 0.423 e. The summed E-state index contributed by atoms with van der Waals surface area (Å²) in [6, 6.07) is 81.1. The average Bonchev–Trinajstić information content (AvgIpc) is 0.925. The number of hydrogen-bond acceptors (Lipinski definition) is 12. The molecule has 3 aliphatic heterocycles. The molecule has 1 fully saturated rings. The highest BCUT2D eigenvalue weighted by Crippen LogP contribution is 2.54. The van der Waals surface area contributed by atoms with Gasteiger partial charge in [-0.25, -0.2) is 19.9 Å². The van der Waals surface area contributed by atoms with Crippen LogP contribution in [-0.2, 0) is 20.1 Å². The molecule has 0 saturated carbocycles. The maximum absolute atomic E-state index is 9.64. The molecule has 9 aromatic carbocycles. The summed E-state index contributed by atoms with van der Waals surface area (Å²) in [6.07, 6.45) is 0. The van der Waals surface area contributed by atoms with E-state index in [1.807, 2.05) is 60.7 Å². The molecule has 460 valence electrons. The van der Waals surface area contributed by atoms with Crippen LogP contribution in [0.5, 0.6) is 0 Å². The van der Waals surface area contributed by atoms with Gasteiger partial charge < -0.3 is 39.2 Å². The van der Waals surface area contributed by atoms with Gasteiger partial charge in [-0.05, 0) is 138 Å². The molecule has 3 aliphatic rings. The van der Waals surface area contributed by atoms with Crippen molar-refractivity contribution >= 4 is 107 Å². The van der Waals surface area contributed by atoms with Gasteiger partial charge in [0.15, 0.2) is 5.82 Å².